The number of aromatic nitrogens is 1. The lowest BCUT2D eigenvalue weighted by atomic mass is 9.86. The highest BCUT2D eigenvalue weighted by Gasteiger charge is 2.27. The van der Waals surface area contributed by atoms with Gasteiger partial charge in [-0.3, -0.25) is 4.98 Å². The average Bonchev–Trinajstić information content (AvgIpc) is 2.36. The molecule has 1 aromatic rings. The summed E-state index contributed by atoms with van der Waals surface area (Å²) in [5, 5.41) is 10.3. The fourth-order valence-electron chi connectivity index (χ4n) is 2.23. The Morgan fingerprint density at radius 2 is 1.90 bits per heavy atom. The Kier molecular flexibility index (Phi) is 5.66. The Morgan fingerprint density at radius 3 is 2.35 bits per heavy atom. The van der Waals surface area contributed by atoms with Gasteiger partial charge in [0.1, 0.15) is 5.82 Å². The van der Waals surface area contributed by atoms with Gasteiger partial charge >= 0.3 is 0 Å². The standard InChI is InChI=1S/C16H27FN2O/c1-11(10-19(6)12(2)16(3,4)5)15(20)14-8-7-13(17)9-18-14/h7-9,11-12,15,20H,10H2,1-6H3. The van der Waals surface area contributed by atoms with Crippen LogP contribution >= 0.6 is 0 Å². The van der Waals surface area contributed by atoms with E-state index in [1.165, 1.54) is 6.07 Å². The van der Waals surface area contributed by atoms with E-state index in [-0.39, 0.29) is 17.2 Å². The van der Waals surface area contributed by atoms with Crippen molar-refractivity contribution >= 4 is 0 Å². The predicted molar refractivity (Wildman–Crippen MR) is 79.9 cm³/mol. The van der Waals surface area contributed by atoms with Crippen molar-refractivity contribution in [3.05, 3.63) is 29.8 Å². The highest BCUT2D eigenvalue weighted by Crippen LogP contribution is 2.26. The number of halogens is 1. The maximum absolute atomic E-state index is 12.8. The third-order valence-electron chi connectivity index (χ3n) is 4.08. The molecule has 0 aliphatic carbocycles. The topological polar surface area (TPSA) is 36.4 Å². The number of nitrogens with zero attached hydrogens (tertiary/aromatic N) is 2. The highest BCUT2D eigenvalue weighted by atomic mass is 19.1. The summed E-state index contributed by atoms with van der Waals surface area (Å²) >= 11 is 0. The van der Waals surface area contributed by atoms with E-state index in [0.29, 0.717) is 11.7 Å². The van der Waals surface area contributed by atoms with Crippen LogP contribution in [0.5, 0.6) is 0 Å². The van der Waals surface area contributed by atoms with Gasteiger partial charge in [0.2, 0.25) is 0 Å². The summed E-state index contributed by atoms with van der Waals surface area (Å²) in [4.78, 5) is 6.20. The van der Waals surface area contributed by atoms with Crippen LogP contribution in [0.1, 0.15) is 46.4 Å². The molecular weight excluding hydrogens is 255 g/mol. The lowest BCUT2D eigenvalue weighted by Gasteiger charge is -2.37. The van der Waals surface area contributed by atoms with Gasteiger partial charge in [-0.1, -0.05) is 27.7 Å². The molecule has 3 unspecified atom stereocenters. The number of aliphatic hydroxyl groups is 1. The second-order valence-corrected chi connectivity index (χ2v) is 6.80. The van der Waals surface area contributed by atoms with Gasteiger partial charge in [-0.2, -0.15) is 0 Å². The van der Waals surface area contributed by atoms with Crippen LogP contribution in [0.2, 0.25) is 0 Å². The lowest BCUT2D eigenvalue weighted by molar-refractivity contribution is 0.0610. The van der Waals surface area contributed by atoms with E-state index < -0.39 is 6.10 Å². The summed E-state index contributed by atoms with van der Waals surface area (Å²) in [7, 11) is 2.07. The van der Waals surface area contributed by atoms with Gasteiger partial charge in [0.15, 0.2) is 0 Å². The van der Waals surface area contributed by atoms with Crippen LogP contribution in [0.25, 0.3) is 0 Å². The van der Waals surface area contributed by atoms with Crippen molar-refractivity contribution in [2.45, 2.75) is 46.8 Å². The van der Waals surface area contributed by atoms with Gasteiger partial charge in [0, 0.05) is 18.5 Å². The van der Waals surface area contributed by atoms with Crippen LogP contribution in [0.4, 0.5) is 4.39 Å². The molecule has 0 fully saturated rings. The first-order chi connectivity index (χ1) is 9.12. The van der Waals surface area contributed by atoms with Crippen molar-refractivity contribution in [1.82, 2.24) is 9.88 Å². The molecule has 1 rings (SSSR count). The van der Waals surface area contributed by atoms with Crippen molar-refractivity contribution < 1.29 is 9.50 Å². The van der Waals surface area contributed by atoms with Crippen LogP contribution in [0.15, 0.2) is 18.3 Å². The smallest absolute Gasteiger partial charge is 0.141 e. The van der Waals surface area contributed by atoms with Crippen LogP contribution in [-0.4, -0.2) is 34.6 Å². The molecule has 1 N–H and O–H groups in total. The number of hydrogen-bond acceptors (Lipinski definition) is 3. The van der Waals surface area contributed by atoms with Crippen molar-refractivity contribution in [1.29, 1.82) is 0 Å². The maximum Gasteiger partial charge on any atom is 0.141 e. The van der Waals surface area contributed by atoms with E-state index in [0.717, 1.165) is 12.7 Å². The number of aliphatic hydroxyl groups excluding tert-OH is 1. The Morgan fingerprint density at radius 1 is 1.30 bits per heavy atom. The quantitative estimate of drug-likeness (QED) is 0.900. The minimum absolute atomic E-state index is 0.0303. The molecule has 0 bridgehead atoms. The van der Waals surface area contributed by atoms with Crippen LogP contribution in [0.3, 0.4) is 0 Å². The molecule has 114 valence electrons. The Bertz CT molecular complexity index is 413. The van der Waals surface area contributed by atoms with Crippen molar-refractivity contribution in [3.8, 4) is 0 Å². The summed E-state index contributed by atoms with van der Waals surface area (Å²) in [5.74, 6) is -0.352. The van der Waals surface area contributed by atoms with E-state index in [1.54, 1.807) is 6.07 Å². The van der Waals surface area contributed by atoms with Crippen molar-refractivity contribution in [2.24, 2.45) is 11.3 Å². The summed E-state index contributed by atoms with van der Waals surface area (Å²) in [6.45, 7) is 11.6. The van der Waals surface area contributed by atoms with Crippen LogP contribution < -0.4 is 0 Å². The number of rotatable bonds is 5. The second kappa shape index (κ2) is 6.64. The van der Waals surface area contributed by atoms with Gasteiger partial charge in [-0.25, -0.2) is 4.39 Å². The highest BCUT2D eigenvalue weighted by molar-refractivity contribution is 5.09. The van der Waals surface area contributed by atoms with Gasteiger partial charge in [-0.15, -0.1) is 0 Å². The number of pyridine rings is 1. The molecule has 0 aliphatic heterocycles. The number of hydrogen-bond donors (Lipinski definition) is 1. The molecule has 0 saturated heterocycles. The first-order valence-electron chi connectivity index (χ1n) is 7.12. The van der Waals surface area contributed by atoms with Crippen molar-refractivity contribution in [2.75, 3.05) is 13.6 Å². The molecule has 0 aromatic carbocycles. The SMILES string of the molecule is CC(CN(C)C(C)C(C)(C)C)C(O)c1ccc(F)cn1. The summed E-state index contributed by atoms with van der Waals surface area (Å²) in [6.07, 6.45) is 0.470. The second-order valence-electron chi connectivity index (χ2n) is 6.80. The summed E-state index contributed by atoms with van der Waals surface area (Å²) in [6, 6.07) is 3.28. The summed E-state index contributed by atoms with van der Waals surface area (Å²) in [5.41, 5.74) is 0.712. The molecule has 1 aromatic heterocycles. The van der Waals surface area contributed by atoms with Gasteiger partial charge in [0.05, 0.1) is 18.0 Å². The molecule has 20 heavy (non-hydrogen) atoms. The van der Waals surface area contributed by atoms with Gasteiger partial charge in [-0.05, 0) is 31.5 Å². The van der Waals surface area contributed by atoms with E-state index in [1.807, 2.05) is 6.92 Å². The first-order valence-corrected chi connectivity index (χ1v) is 7.12. The zero-order valence-electron chi connectivity index (χ0n) is 13.4. The fraction of sp³-hybridized carbons (Fsp3) is 0.688. The predicted octanol–water partition coefficient (Wildman–Crippen LogP) is 3.26. The molecular formula is C16H27FN2O. The van der Waals surface area contributed by atoms with E-state index >= 15 is 0 Å². The summed E-state index contributed by atoms with van der Waals surface area (Å²) < 4.78 is 12.8. The molecule has 0 saturated carbocycles. The fourth-order valence-corrected chi connectivity index (χ4v) is 2.23. The molecule has 3 nitrogen and oxygen atoms in total. The average molecular weight is 282 g/mol. The normalized spacial score (nSPS) is 17.1. The zero-order valence-corrected chi connectivity index (χ0v) is 13.4. The Hall–Kier alpha value is -1.00. The third kappa shape index (κ3) is 4.53. The van der Waals surface area contributed by atoms with E-state index in [4.69, 9.17) is 0 Å². The molecule has 0 spiro atoms. The van der Waals surface area contributed by atoms with Crippen molar-refractivity contribution in [3.63, 3.8) is 0 Å². The molecule has 4 heteroatoms. The largest absolute Gasteiger partial charge is 0.386 e. The minimum Gasteiger partial charge on any atom is -0.386 e. The molecule has 0 amide bonds. The zero-order chi connectivity index (χ0) is 15.5. The Balaban J connectivity index is 2.66. The van der Waals surface area contributed by atoms with E-state index in [2.05, 4.69) is 44.6 Å². The molecule has 0 radical (unpaired) electrons. The molecule has 0 aliphatic rings. The first kappa shape index (κ1) is 17.1. The van der Waals surface area contributed by atoms with Gasteiger partial charge in [0.25, 0.3) is 0 Å². The maximum atomic E-state index is 12.8. The Labute approximate surface area is 121 Å². The third-order valence-corrected chi connectivity index (χ3v) is 4.08. The molecule has 3 atom stereocenters. The van der Waals surface area contributed by atoms with Gasteiger partial charge < -0.3 is 10.0 Å². The van der Waals surface area contributed by atoms with Crippen LogP contribution in [0, 0.1) is 17.2 Å². The van der Waals surface area contributed by atoms with Crippen LogP contribution in [-0.2, 0) is 0 Å². The molecule has 1 heterocycles. The minimum atomic E-state index is -0.676. The van der Waals surface area contributed by atoms with E-state index in [9.17, 15) is 9.50 Å². The monoisotopic (exact) mass is 282 g/mol. The lowest BCUT2D eigenvalue weighted by Crippen LogP contribution is -2.42.